The van der Waals surface area contributed by atoms with E-state index in [1.807, 2.05) is 0 Å². The van der Waals surface area contributed by atoms with Gasteiger partial charge in [0.25, 0.3) is 0 Å². The number of aromatic nitrogens is 2. The summed E-state index contributed by atoms with van der Waals surface area (Å²) in [5.41, 5.74) is -0.506. The Morgan fingerprint density at radius 1 is 1.44 bits per heavy atom. The quantitative estimate of drug-likeness (QED) is 0.575. The first-order valence-corrected chi connectivity index (χ1v) is 8.49. The van der Waals surface area contributed by atoms with Gasteiger partial charge in [0.1, 0.15) is 23.0 Å². The van der Waals surface area contributed by atoms with Crippen LogP contribution in [0.2, 0.25) is 5.28 Å². The van der Waals surface area contributed by atoms with E-state index in [0.717, 1.165) is 0 Å². The average molecular weight is 371 g/mol. The molecule has 1 aromatic rings. The molecule has 2 heterocycles. The van der Waals surface area contributed by atoms with Crippen LogP contribution < -0.4 is 10.6 Å². The number of halogens is 1. The van der Waals surface area contributed by atoms with Crippen LogP contribution in [-0.4, -0.2) is 53.2 Å². The van der Waals surface area contributed by atoms with E-state index in [2.05, 4.69) is 20.6 Å². The van der Waals surface area contributed by atoms with Gasteiger partial charge in [0, 0.05) is 25.2 Å². The third-order valence-electron chi connectivity index (χ3n) is 3.49. The highest BCUT2D eigenvalue weighted by molar-refractivity contribution is 6.28. The molecule has 8 nitrogen and oxygen atoms in total. The minimum Gasteiger partial charge on any atom is -0.462 e. The van der Waals surface area contributed by atoms with Crippen molar-refractivity contribution in [3.63, 3.8) is 0 Å². The Bertz CT molecular complexity index is 644. The van der Waals surface area contributed by atoms with Gasteiger partial charge in [-0.1, -0.05) is 0 Å². The third kappa shape index (κ3) is 5.27. The maximum Gasteiger partial charge on any atom is 0.343 e. The van der Waals surface area contributed by atoms with Crippen LogP contribution in [-0.2, 0) is 14.3 Å². The van der Waals surface area contributed by atoms with Gasteiger partial charge in [-0.25, -0.2) is 14.6 Å². The molecule has 1 aromatic heterocycles. The summed E-state index contributed by atoms with van der Waals surface area (Å²) in [6.07, 6.45) is 1.28. The minimum atomic E-state index is -0.667. The summed E-state index contributed by atoms with van der Waals surface area (Å²) in [6, 6.07) is -0.667. The van der Waals surface area contributed by atoms with E-state index in [9.17, 15) is 9.59 Å². The first kappa shape index (κ1) is 19.4. The van der Waals surface area contributed by atoms with Crippen LogP contribution in [0.15, 0.2) is 6.20 Å². The highest BCUT2D eigenvalue weighted by Gasteiger charge is 2.36. The second-order valence-corrected chi connectivity index (χ2v) is 7.03. The van der Waals surface area contributed by atoms with E-state index in [-0.39, 0.29) is 29.2 Å². The lowest BCUT2D eigenvalue weighted by molar-refractivity contribution is -0.157. The Morgan fingerprint density at radius 3 is 2.64 bits per heavy atom. The molecule has 1 saturated heterocycles. The van der Waals surface area contributed by atoms with Gasteiger partial charge >= 0.3 is 11.9 Å². The number of ether oxygens (including phenoxy) is 2. The molecule has 2 rings (SSSR count). The van der Waals surface area contributed by atoms with E-state index in [1.54, 1.807) is 27.7 Å². The van der Waals surface area contributed by atoms with Crippen molar-refractivity contribution in [2.24, 2.45) is 5.92 Å². The van der Waals surface area contributed by atoms with Gasteiger partial charge in [-0.3, -0.25) is 0 Å². The number of anilines is 1. The molecule has 1 aliphatic heterocycles. The van der Waals surface area contributed by atoms with Crippen molar-refractivity contribution < 1.29 is 19.1 Å². The van der Waals surface area contributed by atoms with Crippen molar-refractivity contribution in [3.05, 3.63) is 17.0 Å². The highest BCUT2D eigenvalue weighted by atomic mass is 35.5. The largest absolute Gasteiger partial charge is 0.462 e. The van der Waals surface area contributed by atoms with Gasteiger partial charge in [0.05, 0.1) is 6.61 Å². The number of carbonyl (C=O) groups excluding carboxylic acids is 2. The fourth-order valence-corrected chi connectivity index (χ4v) is 2.39. The molecule has 0 bridgehead atoms. The van der Waals surface area contributed by atoms with Crippen LogP contribution in [0.5, 0.6) is 0 Å². The SMILES string of the molecule is CCOC(=O)c1cnc(Cl)nc1NC(C(=O)OC(C)(C)C)C1CNC1. The van der Waals surface area contributed by atoms with E-state index in [4.69, 9.17) is 21.1 Å². The summed E-state index contributed by atoms with van der Waals surface area (Å²) in [7, 11) is 0. The van der Waals surface area contributed by atoms with E-state index >= 15 is 0 Å². The fraction of sp³-hybridized carbons (Fsp3) is 0.625. The van der Waals surface area contributed by atoms with E-state index in [0.29, 0.717) is 13.1 Å². The number of esters is 2. The number of nitrogens with one attached hydrogen (secondary N) is 2. The Hall–Kier alpha value is -1.93. The van der Waals surface area contributed by atoms with Crippen molar-refractivity contribution in [1.29, 1.82) is 0 Å². The summed E-state index contributed by atoms with van der Waals surface area (Å²) in [6.45, 7) is 8.62. The molecule has 9 heteroatoms. The molecule has 0 amide bonds. The summed E-state index contributed by atoms with van der Waals surface area (Å²) < 4.78 is 10.5. The number of carbonyl (C=O) groups is 2. The van der Waals surface area contributed by atoms with Gasteiger partial charge < -0.3 is 20.1 Å². The minimum absolute atomic E-state index is 0.0126. The Labute approximate surface area is 151 Å². The van der Waals surface area contributed by atoms with Crippen LogP contribution in [0.3, 0.4) is 0 Å². The Kier molecular flexibility index (Phi) is 6.18. The van der Waals surface area contributed by atoms with Crippen molar-refractivity contribution >= 4 is 29.4 Å². The highest BCUT2D eigenvalue weighted by Crippen LogP contribution is 2.22. The molecule has 138 valence electrons. The van der Waals surface area contributed by atoms with E-state index in [1.165, 1.54) is 6.20 Å². The zero-order valence-electron chi connectivity index (χ0n) is 14.8. The standard InChI is InChI=1S/C16H23ClN4O4/c1-5-24-13(22)10-8-19-15(17)21-12(10)20-11(9-6-18-7-9)14(23)25-16(2,3)4/h8-9,11,18H,5-7H2,1-4H3,(H,19,20,21). The van der Waals surface area contributed by atoms with Crippen LogP contribution in [0.1, 0.15) is 38.1 Å². The number of hydrogen-bond donors (Lipinski definition) is 2. The van der Waals surface area contributed by atoms with Gasteiger partial charge in [0.15, 0.2) is 0 Å². The van der Waals surface area contributed by atoms with Crippen molar-refractivity contribution in [2.45, 2.75) is 39.3 Å². The zero-order chi connectivity index (χ0) is 18.6. The normalized spacial score (nSPS) is 15.9. The predicted octanol–water partition coefficient (Wildman–Crippen LogP) is 1.65. The fourth-order valence-electron chi connectivity index (χ4n) is 2.26. The molecule has 1 aliphatic rings. The molecule has 2 N–H and O–H groups in total. The summed E-state index contributed by atoms with van der Waals surface area (Å²) in [5.74, 6) is -0.834. The molecule has 0 aliphatic carbocycles. The molecule has 0 spiro atoms. The van der Waals surface area contributed by atoms with Crippen molar-refractivity contribution in [2.75, 3.05) is 25.0 Å². The van der Waals surface area contributed by atoms with Gasteiger partial charge in [0.2, 0.25) is 5.28 Å². The van der Waals surface area contributed by atoms with Crippen LogP contribution in [0, 0.1) is 5.92 Å². The smallest absolute Gasteiger partial charge is 0.343 e. The average Bonchev–Trinajstić information content (AvgIpc) is 2.43. The summed E-state index contributed by atoms with van der Waals surface area (Å²) >= 11 is 5.85. The summed E-state index contributed by atoms with van der Waals surface area (Å²) in [5, 5.41) is 6.08. The molecule has 25 heavy (non-hydrogen) atoms. The first-order valence-electron chi connectivity index (χ1n) is 8.11. The second-order valence-electron chi connectivity index (χ2n) is 6.70. The van der Waals surface area contributed by atoms with Crippen LogP contribution in [0.25, 0.3) is 0 Å². The molecule has 1 fully saturated rings. The summed E-state index contributed by atoms with van der Waals surface area (Å²) in [4.78, 5) is 32.5. The lowest BCUT2D eigenvalue weighted by Crippen LogP contribution is -2.55. The molecule has 1 atom stereocenters. The van der Waals surface area contributed by atoms with Crippen LogP contribution >= 0.6 is 11.6 Å². The van der Waals surface area contributed by atoms with Crippen molar-refractivity contribution in [1.82, 2.24) is 15.3 Å². The van der Waals surface area contributed by atoms with Gasteiger partial charge in [-0.05, 0) is 39.3 Å². The van der Waals surface area contributed by atoms with E-state index < -0.39 is 23.6 Å². The van der Waals surface area contributed by atoms with Crippen LogP contribution in [0.4, 0.5) is 5.82 Å². The lowest BCUT2D eigenvalue weighted by Gasteiger charge is -2.35. The number of rotatable bonds is 6. The third-order valence-corrected chi connectivity index (χ3v) is 3.67. The topological polar surface area (TPSA) is 102 Å². The number of nitrogens with zero attached hydrogens (tertiary/aromatic N) is 2. The Balaban J connectivity index is 2.27. The molecule has 0 aromatic carbocycles. The molecule has 0 saturated carbocycles. The maximum atomic E-state index is 12.6. The molecule has 1 unspecified atom stereocenters. The maximum absolute atomic E-state index is 12.6. The van der Waals surface area contributed by atoms with Gasteiger partial charge in [-0.15, -0.1) is 0 Å². The molecular formula is C16H23ClN4O4. The monoisotopic (exact) mass is 370 g/mol. The lowest BCUT2D eigenvalue weighted by atomic mass is 9.93. The van der Waals surface area contributed by atoms with Gasteiger partial charge in [-0.2, -0.15) is 4.98 Å². The number of hydrogen-bond acceptors (Lipinski definition) is 8. The zero-order valence-corrected chi connectivity index (χ0v) is 15.5. The predicted molar refractivity (Wildman–Crippen MR) is 92.6 cm³/mol. The Morgan fingerprint density at radius 2 is 2.12 bits per heavy atom. The second kappa shape index (κ2) is 7.97. The molecular weight excluding hydrogens is 348 g/mol. The molecule has 0 radical (unpaired) electrons. The first-order chi connectivity index (χ1) is 11.7. The van der Waals surface area contributed by atoms with Crippen molar-refractivity contribution in [3.8, 4) is 0 Å².